The molecule has 18 heavy (non-hydrogen) atoms. The molecule has 0 spiro atoms. The van der Waals surface area contributed by atoms with Crippen molar-refractivity contribution in [3.63, 3.8) is 0 Å². The number of nitrogen functional groups attached to an aromatic ring is 1. The van der Waals surface area contributed by atoms with Crippen molar-refractivity contribution in [3.8, 4) is 22.8 Å². The first-order valence-electron chi connectivity index (χ1n) is 5.81. The zero-order valence-electron chi connectivity index (χ0n) is 10.4. The minimum Gasteiger partial charge on any atom is -0.493 e. The molecule has 0 atom stereocenters. The van der Waals surface area contributed by atoms with Gasteiger partial charge in [0, 0.05) is 18.2 Å². The Morgan fingerprint density at radius 1 is 1.17 bits per heavy atom. The summed E-state index contributed by atoms with van der Waals surface area (Å²) in [5.41, 5.74) is 9.14. The summed E-state index contributed by atoms with van der Waals surface area (Å²) >= 11 is 0. The van der Waals surface area contributed by atoms with Crippen LogP contribution < -0.4 is 15.2 Å². The van der Waals surface area contributed by atoms with E-state index in [-0.39, 0.29) is 0 Å². The van der Waals surface area contributed by atoms with Gasteiger partial charge in [-0.05, 0) is 24.1 Å². The van der Waals surface area contributed by atoms with Gasteiger partial charge in [0.05, 0.1) is 19.9 Å². The Morgan fingerprint density at radius 3 is 2.61 bits per heavy atom. The van der Waals surface area contributed by atoms with Crippen LogP contribution in [-0.2, 0) is 13.0 Å². The first kappa shape index (κ1) is 11.0. The number of hydrogen-bond donors (Lipinski definition) is 1. The second-order valence-electron chi connectivity index (χ2n) is 4.29. The molecule has 1 aliphatic rings. The number of aryl methyl sites for hydroxylation is 2. The maximum atomic E-state index is 5.75. The molecule has 1 aromatic heterocycles. The summed E-state index contributed by atoms with van der Waals surface area (Å²) in [6.07, 6.45) is 0.920. The summed E-state index contributed by atoms with van der Waals surface area (Å²) in [5, 5.41) is 4.27. The van der Waals surface area contributed by atoms with Crippen LogP contribution in [0.25, 0.3) is 11.3 Å². The summed E-state index contributed by atoms with van der Waals surface area (Å²) < 4.78 is 12.6. The zero-order chi connectivity index (χ0) is 12.7. The number of hydrogen-bond acceptors (Lipinski definition) is 4. The third-order valence-corrected chi connectivity index (χ3v) is 3.28. The monoisotopic (exact) mass is 245 g/mol. The second kappa shape index (κ2) is 3.94. The van der Waals surface area contributed by atoms with Gasteiger partial charge in [0.2, 0.25) is 0 Å². The van der Waals surface area contributed by atoms with Gasteiger partial charge >= 0.3 is 0 Å². The molecule has 0 saturated carbocycles. The fraction of sp³-hybridized carbons (Fsp3) is 0.308. The second-order valence-corrected chi connectivity index (χ2v) is 4.29. The van der Waals surface area contributed by atoms with E-state index in [1.165, 1.54) is 5.56 Å². The highest BCUT2D eigenvalue weighted by Gasteiger charge is 2.20. The van der Waals surface area contributed by atoms with Gasteiger partial charge in [0.1, 0.15) is 5.82 Å². The minimum absolute atomic E-state index is 0.549. The van der Waals surface area contributed by atoms with Gasteiger partial charge in [-0.15, -0.1) is 0 Å². The number of benzene rings is 1. The normalized spacial score (nSPS) is 12.8. The molecule has 94 valence electrons. The molecule has 2 N–H and O–H groups in total. The van der Waals surface area contributed by atoms with Crippen LogP contribution in [0.2, 0.25) is 0 Å². The molecule has 2 heterocycles. The predicted octanol–water partition coefficient (Wildman–Crippen LogP) is 1.71. The van der Waals surface area contributed by atoms with Gasteiger partial charge in [-0.2, -0.15) is 5.10 Å². The number of anilines is 1. The highest BCUT2D eigenvalue weighted by molar-refractivity contribution is 5.71. The molecule has 1 aliphatic heterocycles. The van der Waals surface area contributed by atoms with E-state index in [0.717, 1.165) is 35.7 Å². The minimum atomic E-state index is 0.549. The lowest BCUT2D eigenvalue weighted by Crippen LogP contribution is -2.12. The van der Waals surface area contributed by atoms with Crippen molar-refractivity contribution in [3.05, 3.63) is 23.8 Å². The van der Waals surface area contributed by atoms with E-state index < -0.39 is 0 Å². The molecule has 0 unspecified atom stereocenters. The summed E-state index contributed by atoms with van der Waals surface area (Å²) in [4.78, 5) is 0. The molecule has 0 fully saturated rings. The average Bonchev–Trinajstić information content (AvgIpc) is 2.77. The average molecular weight is 245 g/mol. The highest BCUT2D eigenvalue weighted by atomic mass is 16.5. The van der Waals surface area contributed by atoms with Crippen molar-refractivity contribution < 1.29 is 9.47 Å². The Balaban J connectivity index is 2.20. The van der Waals surface area contributed by atoms with E-state index in [0.29, 0.717) is 5.82 Å². The van der Waals surface area contributed by atoms with Crippen LogP contribution in [0.15, 0.2) is 18.2 Å². The van der Waals surface area contributed by atoms with Crippen molar-refractivity contribution in [2.75, 3.05) is 20.0 Å². The topological polar surface area (TPSA) is 62.3 Å². The van der Waals surface area contributed by atoms with Crippen molar-refractivity contribution >= 4 is 5.82 Å². The third kappa shape index (κ3) is 1.51. The molecule has 0 bridgehead atoms. The fourth-order valence-electron chi connectivity index (χ4n) is 2.42. The van der Waals surface area contributed by atoms with E-state index >= 15 is 0 Å². The number of fused-ring (bicyclic) bond motifs is 3. The largest absolute Gasteiger partial charge is 0.493 e. The van der Waals surface area contributed by atoms with Gasteiger partial charge in [-0.25, -0.2) is 0 Å². The molecule has 3 rings (SSSR count). The number of ether oxygens (including phenoxy) is 2. The van der Waals surface area contributed by atoms with Crippen molar-refractivity contribution in [1.29, 1.82) is 0 Å². The quantitative estimate of drug-likeness (QED) is 0.874. The molecule has 1 aromatic carbocycles. The molecule has 0 saturated heterocycles. The van der Waals surface area contributed by atoms with Gasteiger partial charge < -0.3 is 15.2 Å². The summed E-state index contributed by atoms with van der Waals surface area (Å²) in [6.45, 7) is 0.842. The first-order chi connectivity index (χ1) is 8.72. The maximum Gasteiger partial charge on any atom is 0.161 e. The number of methoxy groups -OCH3 is 2. The summed E-state index contributed by atoms with van der Waals surface area (Å²) in [6, 6.07) is 5.91. The zero-order valence-corrected chi connectivity index (χ0v) is 10.4. The van der Waals surface area contributed by atoms with Gasteiger partial charge in [0.25, 0.3) is 0 Å². The molecule has 0 radical (unpaired) electrons. The Hall–Kier alpha value is -2.17. The van der Waals surface area contributed by atoms with Gasteiger partial charge in [-0.1, -0.05) is 0 Å². The number of aromatic nitrogens is 2. The van der Waals surface area contributed by atoms with Crippen molar-refractivity contribution in [1.82, 2.24) is 9.78 Å². The van der Waals surface area contributed by atoms with E-state index in [1.807, 2.05) is 22.9 Å². The van der Waals surface area contributed by atoms with Crippen LogP contribution in [0.5, 0.6) is 11.5 Å². The lowest BCUT2D eigenvalue weighted by molar-refractivity contribution is 0.354. The predicted molar refractivity (Wildman–Crippen MR) is 68.9 cm³/mol. The fourth-order valence-corrected chi connectivity index (χ4v) is 2.42. The SMILES string of the molecule is COc1cc2c(cc1OC)-c1cc(N)nn1CC2. The van der Waals surface area contributed by atoms with E-state index in [9.17, 15) is 0 Å². The van der Waals surface area contributed by atoms with Crippen LogP contribution >= 0.6 is 0 Å². The molecule has 5 heteroatoms. The molecular formula is C13H15N3O2. The van der Waals surface area contributed by atoms with E-state index in [2.05, 4.69) is 5.10 Å². The lowest BCUT2D eigenvalue weighted by atomic mass is 9.98. The third-order valence-electron chi connectivity index (χ3n) is 3.28. The molecule has 5 nitrogen and oxygen atoms in total. The number of nitrogens with two attached hydrogens (primary N) is 1. The Labute approximate surface area is 105 Å². The molecule has 0 amide bonds. The lowest BCUT2D eigenvalue weighted by Gasteiger charge is -2.20. The number of nitrogens with zero attached hydrogens (tertiary/aromatic N) is 2. The van der Waals surface area contributed by atoms with Crippen LogP contribution in [0.1, 0.15) is 5.56 Å². The standard InChI is InChI=1S/C13H15N3O2/c1-17-11-5-8-3-4-16-10(7-13(14)15-16)9(8)6-12(11)18-2/h5-7H,3-4H2,1-2H3,(H2,14,15). The Bertz CT molecular complexity index is 605. The van der Waals surface area contributed by atoms with Crippen molar-refractivity contribution in [2.24, 2.45) is 0 Å². The van der Waals surface area contributed by atoms with Crippen LogP contribution in [0.4, 0.5) is 5.82 Å². The van der Waals surface area contributed by atoms with Crippen LogP contribution in [0.3, 0.4) is 0 Å². The molecule has 0 aliphatic carbocycles. The van der Waals surface area contributed by atoms with Gasteiger partial charge in [0.15, 0.2) is 11.5 Å². The van der Waals surface area contributed by atoms with Crippen LogP contribution in [0, 0.1) is 0 Å². The highest BCUT2D eigenvalue weighted by Crippen LogP contribution is 2.38. The summed E-state index contributed by atoms with van der Waals surface area (Å²) in [5.74, 6) is 2.04. The Morgan fingerprint density at radius 2 is 1.89 bits per heavy atom. The van der Waals surface area contributed by atoms with E-state index in [1.54, 1.807) is 14.2 Å². The maximum absolute atomic E-state index is 5.75. The van der Waals surface area contributed by atoms with Crippen LogP contribution in [-0.4, -0.2) is 24.0 Å². The molecule has 2 aromatic rings. The smallest absolute Gasteiger partial charge is 0.161 e. The van der Waals surface area contributed by atoms with Gasteiger partial charge in [-0.3, -0.25) is 4.68 Å². The van der Waals surface area contributed by atoms with E-state index in [4.69, 9.17) is 15.2 Å². The number of rotatable bonds is 2. The summed E-state index contributed by atoms with van der Waals surface area (Å²) in [7, 11) is 3.29. The molecular weight excluding hydrogens is 230 g/mol. The Kier molecular flexibility index (Phi) is 2.40. The van der Waals surface area contributed by atoms with Crippen molar-refractivity contribution in [2.45, 2.75) is 13.0 Å². The first-order valence-corrected chi connectivity index (χ1v) is 5.81.